The SMILES string of the molecule is CC(=O)OCNC(=O)[C@H](C)NC(=O)OC(C)(C)C.[HH].[HH]. The van der Waals surface area contributed by atoms with Crippen LogP contribution in [0, 0.1) is 0 Å². The fraction of sp³-hybridized carbons (Fsp3) is 0.727. The molecule has 0 aromatic rings. The van der Waals surface area contributed by atoms with Crippen molar-refractivity contribution in [3.05, 3.63) is 0 Å². The van der Waals surface area contributed by atoms with Gasteiger partial charge < -0.3 is 20.1 Å². The number of carbonyl (C=O) groups excluding carboxylic acids is 3. The number of carbonyl (C=O) groups is 3. The first-order chi connectivity index (χ1) is 8.11. The number of nitrogens with one attached hydrogen (secondary N) is 2. The Morgan fingerprint density at radius 1 is 1.28 bits per heavy atom. The van der Waals surface area contributed by atoms with Crippen molar-refractivity contribution in [3.8, 4) is 0 Å². The number of hydrogen-bond acceptors (Lipinski definition) is 5. The summed E-state index contributed by atoms with van der Waals surface area (Å²) in [4.78, 5) is 33.3. The highest BCUT2D eigenvalue weighted by Gasteiger charge is 2.20. The summed E-state index contributed by atoms with van der Waals surface area (Å²) in [6, 6.07) is -0.782. The summed E-state index contributed by atoms with van der Waals surface area (Å²) in [7, 11) is 0. The van der Waals surface area contributed by atoms with Crippen LogP contribution in [0.15, 0.2) is 0 Å². The number of rotatable bonds is 4. The number of ether oxygens (including phenoxy) is 2. The van der Waals surface area contributed by atoms with E-state index in [2.05, 4.69) is 15.4 Å². The molecule has 0 heterocycles. The third-order valence-corrected chi connectivity index (χ3v) is 1.65. The van der Waals surface area contributed by atoms with Crippen molar-refractivity contribution in [1.29, 1.82) is 0 Å². The third-order valence-electron chi connectivity index (χ3n) is 1.65. The summed E-state index contributed by atoms with van der Waals surface area (Å²) < 4.78 is 9.52. The molecule has 0 radical (unpaired) electrons. The Balaban J connectivity index is -0.00000144. The lowest BCUT2D eigenvalue weighted by Gasteiger charge is -2.21. The predicted octanol–water partition coefficient (Wildman–Crippen LogP) is 1.03. The molecule has 0 saturated carbocycles. The fourth-order valence-corrected chi connectivity index (χ4v) is 0.912. The van der Waals surface area contributed by atoms with E-state index in [0.29, 0.717) is 0 Å². The molecule has 1 atom stereocenters. The Morgan fingerprint density at radius 3 is 2.28 bits per heavy atom. The molecular weight excluding hydrogens is 240 g/mol. The molecule has 7 heteroatoms. The van der Waals surface area contributed by atoms with Crippen LogP contribution in [-0.4, -0.2) is 36.3 Å². The molecule has 108 valence electrons. The smallest absolute Gasteiger partial charge is 0.408 e. The highest BCUT2D eigenvalue weighted by molar-refractivity contribution is 5.85. The minimum Gasteiger partial charge on any atom is -0.445 e. The van der Waals surface area contributed by atoms with Crippen molar-refractivity contribution >= 4 is 18.0 Å². The van der Waals surface area contributed by atoms with E-state index < -0.39 is 29.6 Å². The minimum absolute atomic E-state index is 0. The first kappa shape index (κ1) is 16.2. The van der Waals surface area contributed by atoms with Gasteiger partial charge in [-0.1, -0.05) is 0 Å². The maximum Gasteiger partial charge on any atom is 0.408 e. The van der Waals surface area contributed by atoms with Gasteiger partial charge in [-0.05, 0) is 27.7 Å². The predicted molar refractivity (Wildman–Crippen MR) is 67.8 cm³/mol. The number of esters is 1. The molecule has 0 aliphatic heterocycles. The van der Waals surface area contributed by atoms with Crippen LogP contribution in [0.3, 0.4) is 0 Å². The summed E-state index contributed by atoms with van der Waals surface area (Å²) in [6.07, 6.45) is -0.683. The molecule has 2 N–H and O–H groups in total. The lowest BCUT2D eigenvalue weighted by atomic mass is 10.2. The molecule has 0 saturated heterocycles. The first-order valence-corrected chi connectivity index (χ1v) is 5.52. The van der Waals surface area contributed by atoms with Gasteiger partial charge in [0.15, 0.2) is 6.73 Å². The van der Waals surface area contributed by atoms with Gasteiger partial charge in [0.25, 0.3) is 0 Å². The van der Waals surface area contributed by atoms with Crippen LogP contribution in [0.2, 0.25) is 0 Å². The topological polar surface area (TPSA) is 93.7 Å². The molecule has 2 amide bonds. The Hall–Kier alpha value is -1.79. The van der Waals surface area contributed by atoms with Gasteiger partial charge in [0, 0.05) is 9.78 Å². The molecule has 0 unspecified atom stereocenters. The van der Waals surface area contributed by atoms with Crippen molar-refractivity contribution in [2.75, 3.05) is 6.73 Å². The Morgan fingerprint density at radius 2 is 1.83 bits per heavy atom. The average molecular weight is 264 g/mol. The maximum absolute atomic E-state index is 11.5. The zero-order chi connectivity index (χ0) is 14.3. The second kappa shape index (κ2) is 6.83. The van der Waals surface area contributed by atoms with E-state index in [1.165, 1.54) is 13.8 Å². The zero-order valence-electron chi connectivity index (χ0n) is 11.3. The van der Waals surface area contributed by atoms with E-state index in [1.807, 2.05) is 0 Å². The molecule has 7 nitrogen and oxygen atoms in total. The van der Waals surface area contributed by atoms with Gasteiger partial charge in [-0.15, -0.1) is 0 Å². The minimum atomic E-state index is -0.782. The molecule has 0 aliphatic rings. The monoisotopic (exact) mass is 264 g/mol. The summed E-state index contributed by atoms with van der Waals surface area (Å²) in [5.41, 5.74) is -0.627. The van der Waals surface area contributed by atoms with E-state index in [0.717, 1.165) is 0 Å². The third kappa shape index (κ3) is 8.37. The van der Waals surface area contributed by atoms with Crippen molar-refractivity contribution in [3.63, 3.8) is 0 Å². The van der Waals surface area contributed by atoms with Crippen LogP contribution in [0.5, 0.6) is 0 Å². The molecule has 0 fully saturated rings. The molecule has 0 bridgehead atoms. The standard InChI is InChI=1S/C11H20N2O5.2H2/c1-7(9(15)12-6-17-8(2)14)13-10(16)18-11(3,4)5;;/h7H,6H2,1-5H3,(H,12,15)(H,13,16);2*1H/t7-;;/m0../s1. The van der Waals surface area contributed by atoms with Gasteiger partial charge in [-0.3, -0.25) is 9.59 Å². The average Bonchev–Trinajstić information content (AvgIpc) is 2.13. The highest BCUT2D eigenvalue weighted by atomic mass is 16.6. The van der Waals surface area contributed by atoms with Crippen LogP contribution in [-0.2, 0) is 19.1 Å². The summed E-state index contributed by atoms with van der Waals surface area (Å²) in [5.74, 6) is -0.967. The van der Waals surface area contributed by atoms with E-state index in [1.54, 1.807) is 20.8 Å². The number of amides is 2. The molecule has 0 aliphatic carbocycles. The van der Waals surface area contributed by atoms with Crippen molar-refractivity contribution < 1.29 is 26.7 Å². The lowest BCUT2D eigenvalue weighted by molar-refractivity contribution is -0.143. The quantitative estimate of drug-likeness (QED) is 0.584. The largest absolute Gasteiger partial charge is 0.445 e. The maximum atomic E-state index is 11.5. The Labute approximate surface area is 109 Å². The molecule has 0 aromatic carbocycles. The van der Waals surface area contributed by atoms with Crippen molar-refractivity contribution in [1.82, 2.24) is 10.6 Å². The van der Waals surface area contributed by atoms with Gasteiger partial charge >= 0.3 is 12.1 Å². The van der Waals surface area contributed by atoms with Crippen LogP contribution in [0.1, 0.15) is 37.5 Å². The first-order valence-electron chi connectivity index (χ1n) is 5.52. The van der Waals surface area contributed by atoms with E-state index in [9.17, 15) is 14.4 Å². The molecule has 0 rings (SSSR count). The fourth-order valence-electron chi connectivity index (χ4n) is 0.912. The van der Waals surface area contributed by atoms with E-state index in [4.69, 9.17) is 4.74 Å². The second-order valence-corrected chi connectivity index (χ2v) is 4.69. The number of alkyl carbamates (subject to hydrolysis) is 1. The van der Waals surface area contributed by atoms with E-state index >= 15 is 0 Å². The Kier molecular flexibility index (Phi) is 6.15. The molecule has 18 heavy (non-hydrogen) atoms. The molecular formula is C11H24N2O5. The van der Waals surface area contributed by atoms with Crippen molar-refractivity contribution in [2.24, 2.45) is 0 Å². The van der Waals surface area contributed by atoms with Gasteiger partial charge in [0.2, 0.25) is 5.91 Å². The van der Waals surface area contributed by atoms with Crippen LogP contribution in [0.4, 0.5) is 4.79 Å². The van der Waals surface area contributed by atoms with E-state index in [-0.39, 0.29) is 9.58 Å². The van der Waals surface area contributed by atoms with Gasteiger partial charge in [0.05, 0.1) is 0 Å². The van der Waals surface area contributed by atoms with Gasteiger partial charge in [-0.25, -0.2) is 4.79 Å². The van der Waals surface area contributed by atoms with Crippen LogP contribution >= 0.6 is 0 Å². The summed E-state index contributed by atoms with van der Waals surface area (Å²) >= 11 is 0. The lowest BCUT2D eigenvalue weighted by Crippen LogP contribution is -2.47. The molecule has 0 spiro atoms. The highest BCUT2D eigenvalue weighted by Crippen LogP contribution is 2.06. The van der Waals surface area contributed by atoms with Crippen molar-refractivity contribution in [2.45, 2.75) is 46.3 Å². The van der Waals surface area contributed by atoms with Gasteiger partial charge in [0.1, 0.15) is 11.6 Å². The normalized spacial score (nSPS) is 12.3. The molecule has 0 aromatic heterocycles. The van der Waals surface area contributed by atoms with Crippen LogP contribution in [0.25, 0.3) is 0 Å². The summed E-state index contributed by atoms with van der Waals surface area (Å²) in [5, 5.41) is 4.69. The Bertz CT molecular complexity index is 331. The second-order valence-electron chi connectivity index (χ2n) is 4.69. The zero-order valence-corrected chi connectivity index (χ0v) is 11.3. The number of hydrogen-bond donors (Lipinski definition) is 2. The summed E-state index contributed by atoms with van der Waals surface area (Å²) in [6.45, 7) is 7.66. The van der Waals surface area contributed by atoms with Gasteiger partial charge in [-0.2, -0.15) is 0 Å². The van der Waals surface area contributed by atoms with Crippen LogP contribution < -0.4 is 10.6 Å².